The Labute approximate surface area is 177 Å². The summed E-state index contributed by atoms with van der Waals surface area (Å²) in [5.74, 6) is -1.11. The van der Waals surface area contributed by atoms with Gasteiger partial charge in [0.25, 0.3) is 5.91 Å². The quantitative estimate of drug-likeness (QED) is 0.433. The molecule has 154 valence electrons. The molecule has 6 heteroatoms. The van der Waals surface area contributed by atoms with Crippen LogP contribution in [0.25, 0.3) is 6.08 Å². The Morgan fingerprint density at radius 1 is 1.20 bits per heavy atom. The largest absolute Gasteiger partial charge is 0.448 e. The monoisotopic (exact) mass is 403 g/mol. The van der Waals surface area contributed by atoms with Crippen LogP contribution in [0.1, 0.15) is 25.0 Å². The molecule has 0 spiro atoms. The molecule has 0 fully saturated rings. The number of carbonyl (C=O) groups is 2. The van der Waals surface area contributed by atoms with Crippen LogP contribution in [0.15, 0.2) is 54.1 Å². The third-order valence-corrected chi connectivity index (χ3v) is 5.14. The summed E-state index contributed by atoms with van der Waals surface area (Å²) in [7, 11) is 3.86. The second-order valence-corrected chi connectivity index (χ2v) is 7.59. The Bertz CT molecular complexity index is 1020. The summed E-state index contributed by atoms with van der Waals surface area (Å²) in [6.45, 7) is 3.50. The van der Waals surface area contributed by atoms with Gasteiger partial charge in [-0.1, -0.05) is 30.3 Å². The molecule has 2 aromatic carbocycles. The number of esters is 1. The Kier molecular flexibility index (Phi) is 6.22. The van der Waals surface area contributed by atoms with Gasteiger partial charge < -0.3 is 14.5 Å². The Morgan fingerprint density at radius 3 is 2.50 bits per heavy atom. The van der Waals surface area contributed by atoms with Crippen LogP contribution >= 0.6 is 0 Å². The number of benzene rings is 2. The molecule has 30 heavy (non-hydrogen) atoms. The molecule has 0 saturated heterocycles. The minimum atomic E-state index is -1.00. The Hall–Kier alpha value is -3.59. The van der Waals surface area contributed by atoms with Crippen LogP contribution < -0.4 is 9.80 Å². The summed E-state index contributed by atoms with van der Waals surface area (Å²) in [5.41, 5.74) is 3.50. The smallest absolute Gasteiger partial charge is 0.349 e. The SMILES string of the molecule is C[C@@H](OC(=O)/C(C#N)=C/c1ccc(N(C)C)cc1)C(=O)N1c2ccccc2C[C@@H]1C. The van der Waals surface area contributed by atoms with Crippen molar-refractivity contribution < 1.29 is 14.3 Å². The van der Waals surface area contributed by atoms with Crippen molar-refractivity contribution in [1.29, 1.82) is 5.26 Å². The molecule has 1 amide bonds. The van der Waals surface area contributed by atoms with Crippen LogP contribution in [0.2, 0.25) is 0 Å². The zero-order chi connectivity index (χ0) is 21.8. The van der Waals surface area contributed by atoms with Crippen molar-refractivity contribution in [2.45, 2.75) is 32.4 Å². The molecule has 3 rings (SSSR count). The van der Waals surface area contributed by atoms with Crippen LogP contribution in [0.3, 0.4) is 0 Å². The molecule has 6 nitrogen and oxygen atoms in total. The summed E-state index contributed by atoms with van der Waals surface area (Å²) < 4.78 is 5.35. The van der Waals surface area contributed by atoms with E-state index in [1.807, 2.05) is 80.5 Å². The van der Waals surface area contributed by atoms with Crippen molar-refractivity contribution in [2.75, 3.05) is 23.9 Å². The zero-order valence-corrected chi connectivity index (χ0v) is 17.6. The van der Waals surface area contributed by atoms with E-state index in [1.165, 1.54) is 13.0 Å². The molecule has 0 radical (unpaired) electrons. The number of nitriles is 1. The summed E-state index contributed by atoms with van der Waals surface area (Å²) in [4.78, 5) is 29.1. The van der Waals surface area contributed by atoms with Gasteiger partial charge in [-0.25, -0.2) is 4.79 Å². The maximum Gasteiger partial charge on any atom is 0.349 e. The van der Waals surface area contributed by atoms with Crippen molar-refractivity contribution >= 4 is 29.3 Å². The van der Waals surface area contributed by atoms with E-state index in [2.05, 4.69) is 0 Å². The molecule has 2 atom stereocenters. The van der Waals surface area contributed by atoms with Gasteiger partial charge in [0.1, 0.15) is 11.6 Å². The summed E-state index contributed by atoms with van der Waals surface area (Å²) in [6.07, 6.45) is 1.22. The molecular formula is C24H25N3O3. The molecule has 0 N–H and O–H groups in total. The van der Waals surface area contributed by atoms with Gasteiger partial charge in [0.2, 0.25) is 0 Å². The number of rotatable bonds is 5. The highest BCUT2D eigenvalue weighted by Gasteiger charge is 2.34. The van der Waals surface area contributed by atoms with Crippen LogP contribution in [-0.4, -0.2) is 38.1 Å². The fourth-order valence-electron chi connectivity index (χ4n) is 3.54. The van der Waals surface area contributed by atoms with Crippen LogP contribution in [0, 0.1) is 11.3 Å². The lowest BCUT2D eigenvalue weighted by Gasteiger charge is -2.25. The number of ether oxygens (including phenoxy) is 1. The first-order chi connectivity index (χ1) is 14.3. The minimum Gasteiger partial charge on any atom is -0.448 e. The Morgan fingerprint density at radius 2 is 1.87 bits per heavy atom. The second kappa shape index (κ2) is 8.83. The van der Waals surface area contributed by atoms with E-state index >= 15 is 0 Å². The average Bonchev–Trinajstić information content (AvgIpc) is 3.07. The normalized spacial score (nSPS) is 16.4. The zero-order valence-electron chi connectivity index (χ0n) is 17.6. The van der Waals surface area contributed by atoms with Gasteiger partial charge in [0.05, 0.1) is 0 Å². The number of hydrogen-bond donors (Lipinski definition) is 0. The highest BCUT2D eigenvalue weighted by Crippen LogP contribution is 2.32. The fourth-order valence-corrected chi connectivity index (χ4v) is 3.54. The molecule has 0 saturated carbocycles. The average molecular weight is 403 g/mol. The molecule has 0 bridgehead atoms. The standard InChI is InChI=1S/C24H25N3O3/c1-16-13-19-7-5-6-8-22(19)27(16)23(28)17(2)30-24(29)20(15-25)14-18-9-11-21(12-10-18)26(3)4/h5-12,14,16-17H,13H2,1-4H3/b20-14+/t16-,17+/m0/s1. The minimum absolute atomic E-state index is 0.0164. The van der Waals surface area contributed by atoms with E-state index in [0.717, 1.165) is 23.4 Å². The highest BCUT2D eigenvalue weighted by atomic mass is 16.5. The Balaban J connectivity index is 1.72. The van der Waals surface area contributed by atoms with E-state index in [9.17, 15) is 14.9 Å². The van der Waals surface area contributed by atoms with Gasteiger partial charge in [-0.05, 0) is 55.7 Å². The van der Waals surface area contributed by atoms with Crippen molar-refractivity contribution in [3.8, 4) is 6.07 Å². The lowest BCUT2D eigenvalue weighted by Crippen LogP contribution is -2.43. The maximum absolute atomic E-state index is 13.0. The summed E-state index contributed by atoms with van der Waals surface area (Å²) in [6, 6.07) is 17.0. The van der Waals surface area contributed by atoms with Crippen LogP contribution in [-0.2, 0) is 20.7 Å². The molecule has 0 aliphatic carbocycles. The maximum atomic E-state index is 13.0. The highest BCUT2D eigenvalue weighted by molar-refractivity contribution is 6.03. The number of carbonyl (C=O) groups excluding carboxylic acids is 2. The first-order valence-electron chi connectivity index (χ1n) is 9.83. The second-order valence-electron chi connectivity index (χ2n) is 7.59. The van der Waals surface area contributed by atoms with Crippen molar-refractivity contribution in [3.63, 3.8) is 0 Å². The van der Waals surface area contributed by atoms with Gasteiger partial charge in [0.15, 0.2) is 6.10 Å². The molecule has 0 aromatic heterocycles. The number of nitrogens with zero attached hydrogens (tertiary/aromatic N) is 3. The van der Waals surface area contributed by atoms with Gasteiger partial charge in [-0.15, -0.1) is 0 Å². The van der Waals surface area contributed by atoms with Crippen molar-refractivity contribution in [3.05, 3.63) is 65.2 Å². The number of fused-ring (bicyclic) bond motifs is 1. The van der Waals surface area contributed by atoms with E-state index in [-0.39, 0.29) is 17.5 Å². The molecule has 0 unspecified atom stereocenters. The topological polar surface area (TPSA) is 73.6 Å². The van der Waals surface area contributed by atoms with Gasteiger partial charge >= 0.3 is 5.97 Å². The van der Waals surface area contributed by atoms with E-state index in [0.29, 0.717) is 5.56 Å². The predicted molar refractivity (Wildman–Crippen MR) is 117 cm³/mol. The molecule has 1 aliphatic rings. The van der Waals surface area contributed by atoms with E-state index < -0.39 is 12.1 Å². The predicted octanol–water partition coefficient (Wildman–Crippen LogP) is 3.57. The summed E-state index contributed by atoms with van der Waals surface area (Å²) >= 11 is 0. The lowest BCUT2D eigenvalue weighted by atomic mass is 10.1. The number of para-hydroxylation sites is 1. The molecule has 2 aromatic rings. The third-order valence-electron chi connectivity index (χ3n) is 5.14. The van der Waals surface area contributed by atoms with Gasteiger partial charge in [-0.2, -0.15) is 5.26 Å². The first kappa shape index (κ1) is 21.1. The van der Waals surface area contributed by atoms with Gasteiger partial charge in [0, 0.05) is 31.5 Å². The molecule has 1 heterocycles. The third kappa shape index (κ3) is 4.36. The number of anilines is 2. The molecule has 1 aliphatic heterocycles. The first-order valence-corrected chi connectivity index (χ1v) is 9.83. The van der Waals surface area contributed by atoms with Gasteiger partial charge in [-0.3, -0.25) is 4.79 Å². The van der Waals surface area contributed by atoms with Crippen molar-refractivity contribution in [2.24, 2.45) is 0 Å². The number of hydrogen-bond acceptors (Lipinski definition) is 5. The number of amides is 1. The van der Waals surface area contributed by atoms with Crippen LogP contribution in [0.4, 0.5) is 11.4 Å². The van der Waals surface area contributed by atoms with Crippen LogP contribution in [0.5, 0.6) is 0 Å². The van der Waals surface area contributed by atoms with Crippen molar-refractivity contribution in [1.82, 2.24) is 0 Å². The summed E-state index contributed by atoms with van der Waals surface area (Å²) in [5, 5.41) is 9.41. The van der Waals surface area contributed by atoms with E-state index in [1.54, 1.807) is 4.90 Å². The van der Waals surface area contributed by atoms with E-state index in [4.69, 9.17) is 4.74 Å². The lowest BCUT2D eigenvalue weighted by molar-refractivity contribution is -0.149. The molecular weight excluding hydrogens is 378 g/mol. The fraction of sp³-hybridized carbons (Fsp3) is 0.292.